The first-order valence-electron chi connectivity index (χ1n) is 8.10. The molecule has 4 nitrogen and oxygen atoms in total. The van der Waals surface area contributed by atoms with E-state index < -0.39 is 0 Å². The van der Waals surface area contributed by atoms with Crippen LogP contribution in [0.1, 0.15) is 57.7 Å². The maximum Gasteiger partial charge on any atom is 0.0652 e. The number of aromatic nitrogens is 2. The molecular formula is C16H27N3O. The predicted octanol–water partition coefficient (Wildman–Crippen LogP) is 2.68. The summed E-state index contributed by atoms with van der Waals surface area (Å²) in [4.78, 5) is 0. The second-order valence-corrected chi connectivity index (χ2v) is 6.53. The highest BCUT2D eigenvalue weighted by Crippen LogP contribution is 2.48. The van der Waals surface area contributed by atoms with Crippen molar-refractivity contribution in [2.24, 2.45) is 11.1 Å². The summed E-state index contributed by atoms with van der Waals surface area (Å²) in [5, 5.41) is 4.80. The van der Waals surface area contributed by atoms with Gasteiger partial charge in [-0.3, -0.25) is 4.68 Å². The van der Waals surface area contributed by atoms with Gasteiger partial charge in [0.2, 0.25) is 0 Å². The zero-order valence-corrected chi connectivity index (χ0v) is 12.7. The van der Waals surface area contributed by atoms with Crippen LogP contribution in [-0.4, -0.2) is 28.5 Å². The Hall–Kier alpha value is -0.870. The van der Waals surface area contributed by atoms with Crippen molar-refractivity contribution in [1.82, 2.24) is 9.78 Å². The summed E-state index contributed by atoms with van der Waals surface area (Å²) < 4.78 is 8.17. The van der Waals surface area contributed by atoms with Crippen LogP contribution in [0, 0.1) is 5.41 Å². The maximum atomic E-state index is 6.11. The molecule has 0 aromatic carbocycles. The lowest BCUT2D eigenvalue weighted by Crippen LogP contribution is -2.41. The van der Waals surface area contributed by atoms with Crippen LogP contribution in [0.3, 0.4) is 0 Å². The average molecular weight is 277 g/mol. The highest BCUT2D eigenvalue weighted by Gasteiger charge is 2.51. The molecule has 0 aliphatic carbocycles. The molecule has 1 aromatic rings. The largest absolute Gasteiger partial charge is 0.374 e. The summed E-state index contributed by atoms with van der Waals surface area (Å²) in [5.74, 6) is 0. The first-order chi connectivity index (χ1) is 9.70. The number of nitrogens with two attached hydrogens (primary N) is 1. The van der Waals surface area contributed by atoms with E-state index in [0.717, 1.165) is 25.7 Å². The summed E-state index contributed by atoms with van der Waals surface area (Å²) in [7, 11) is 0. The van der Waals surface area contributed by atoms with Gasteiger partial charge >= 0.3 is 0 Å². The van der Waals surface area contributed by atoms with Gasteiger partial charge in [-0.25, -0.2) is 0 Å². The zero-order valence-electron chi connectivity index (χ0n) is 12.7. The molecule has 4 heteroatoms. The van der Waals surface area contributed by atoms with Crippen LogP contribution in [0.15, 0.2) is 12.3 Å². The minimum Gasteiger partial charge on any atom is -0.374 e. The molecule has 2 N–H and O–H groups in total. The molecule has 1 aromatic heterocycles. The molecule has 2 aliphatic heterocycles. The van der Waals surface area contributed by atoms with Crippen molar-refractivity contribution in [2.45, 2.75) is 70.6 Å². The van der Waals surface area contributed by atoms with Gasteiger partial charge in [-0.05, 0) is 38.2 Å². The van der Waals surface area contributed by atoms with E-state index in [9.17, 15) is 0 Å². The molecule has 0 radical (unpaired) electrons. The summed E-state index contributed by atoms with van der Waals surface area (Å²) in [6.07, 6.45) is 9.68. The molecule has 2 aliphatic rings. The van der Waals surface area contributed by atoms with Crippen LogP contribution < -0.4 is 5.73 Å². The third-order valence-corrected chi connectivity index (χ3v) is 5.34. The molecule has 0 amide bonds. The van der Waals surface area contributed by atoms with Crippen LogP contribution in [-0.2, 0) is 11.2 Å². The molecule has 3 rings (SSSR count). The number of hydrogen-bond donors (Lipinski definition) is 1. The average Bonchev–Trinajstić information content (AvgIpc) is 3.16. The van der Waals surface area contributed by atoms with Crippen LogP contribution in [0.4, 0.5) is 0 Å². The summed E-state index contributed by atoms with van der Waals surface area (Å²) in [6.45, 7) is 5.16. The second-order valence-electron chi connectivity index (χ2n) is 6.53. The first kappa shape index (κ1) is 14.1. The van der Waals surface area contributed by atoms with Crippen LogP contribution in [0.2, 0.25) is 0 Å². The van der Waals surface area contributed by atoms with Gasteiger partial charge in [-0.15, -0.1) is 0 Å². The van der Waals surface area contributed by atoms with E-state index in [2.05, 4.69) is 30.8 Å². The lowest BCUT2D eigenvalue weighted by molar-refractivity contribution is 0.0631. The van der Waals surface area contributed by atoms with Crippen molar-refractivity contribution in [3.8, 4) is 0 Å². The minimum absolute atomic E-state index is 0.135. The van der Waals surface area contributed by atoms with Crippen molar-refractivity contribution < 1.29 is 4.74 Å². The van der Waals surface area contributed by atoms with Crippen molar-refractivity contribution in [3.63, 3.8) is 0 Å². The molecule has 2 saturated heterocycles. The Morgan fingerprint density at radius 1 is 1.45 bits per heavy atom. The number of hydrogen-bond acceptors (Lipinski definition) is 3. The fourth-order valence-electron chi connectivity index (χ4n) is 4.06. The molecule has 3 atom stereocenters. The molecule has 0 saturated carbocycles. The van der Waals surface area contributed by atoms with E-state index in [-0.39, 0.29) is 5.41 Å². The van der Waals surface area contributed by atoms with Crippen LogP contribution >= 0.6 is 0 Å². The Kier molecular flexibility index (Phi) is 3.87. The molecular weight excluding hydrogens is 250 g/mol. The fourth-order valence-corrected chi connectivity index (χ4v) is 4.06. The standard InChI is InChI=1S/C16H27N3O/c1-3-13(4-2)19-8-7-12(18-19)9-16(11-17)10-14-5-6-15(16)20-14/h7-8,13-15H,3-6,9-11,17H2,1-2H3. The Morgan fingerprint density at radius 2 is 2.25 bits per heavy atom. The molecule has 112 valence electrons. The van der Waals surface area contributed by atoms with Gasteiger partial charge in [0.15, 0.2) is 0 Å². The number of nitrogens with zero attached hydrogens (tertiary/aromatic N) is 2. The van der Waals surface area contributed by atoms with Crippen LogP contribution in [0.5, 0.6) is 0 Å². The number of ether oxygens (including phenoxy) is 1. The molecule has 20 heavy (non-hydrogen) atoms. The Bertz CT molecular complexity index is 454. The van der Waals surface area contributed by atoms with E-state index in [4.69, 9.17) is 15.6 Å². The van der Waals surface area contributed by atoms with E-state index in [1.807, 2.05) is 0 Å². The molecule has 3 heterocycles. The predicted molar refractivity (Wildman–Crippen MR) is 79.5 cm³/mol. The van der Waals surface area contributed by atoms with Crippen molar-refractivity contribution in [1.29, 1.82) is 0 Å². The van der Waals surface area contributed by atoms with E-state index >= 15 is 0 Å². The van der Waals surface area contributed by atoms with E-state index in [0.29, 0.717) is 24.8 Å². The van der Waals surface area contributed by atoms with E-state index in [1.165, 1.54) is 18.5 Å². The lowest BCUT2D eigenvalue weighted by atomic mass is 9.71. The van der Waals surface area contributed by atoms with E-state index in [1.54, 1.807) is 0 Å². The summed E-state index contributed by atoms with van der Waals surface area (Å²) in [6, 6.07) is 2.69. The first-order valence-corrected chi connectivity index (χ1v) is 8.10. The van der Waals surface area contributed by atoms with Gasteiger partial charge in [0.25, 0.3) is 0 Å². The smallest absolute Gasteiger partial charge is 0.0652 e. The second kappa shape index (κ2) is 5.49. The maximum absolute atomic E-state index is 6.11. The highest BCUT2D eigenvalue weighted by atomic mass is 16.5. The summed E-state index contributed by atoms with van der Waals surface area (Å²) in [5.41, 5.74) is 7.42. The molecule has 2 fully saturated rings. The van der Waals surface area contributed by atoms with Crippen molar-refractivity contribution in [3.05, 3.63) is 18.0 Å². The molecule has 3 unspecified atom stereocenters. The molecule has 0 spiro atoms. The Labute approximate surface area is 121 Å². The van der Waals surface area contributed by atoms with Gasteiger partial charge in [-0.2, -0.15) is 5.10 Å². The normalized spacial score (nSPS) is 32.4. The minimum atomic E-state index is 0.135. The van der Waals surface area contributed by atoms with Crippen LogP contribution in [0.25, 0.3) is 0 Å². The Balaban J connectivity index is 1.74. The third-order valence-electron chi connectivity index (χ3n) is 5.34. The highest BCUT2D eigenvalue weighted by molar-refractivity contribution is 5.10. The summed E-state index contributed by atoms with van der Waals surface area (Å²) >= 11 is 0. The topological polar surface area (TPSA) is 53.1 Å². The van der Waals surface area contributed by atoms with Gasteiger partial charge in [0, 0.05) is 24.6 Å². The quantitative estimate of drug-likeness (QED) is 0.869. The monoisotopic (exact) mass is 277 g/mol. The van der Waals surface area contributed by atoms with Crippen molar-refractivity contribution >= 4 is 0 Å². The zero-order chi connectivity index (χ0) is 14.2. The molecule has 2 bridgehead atoms. The van der Waals surface area contributed by atoms with Crippen molar-refractivity contribution in [2.75, 3.05) is 6.54 Å². The SMILES string of the molecule is CCC(CC)n1ccc(CC2(CN)CC3CCC2O3)n1. The lowest BCUT2D eigenvalue weighted by Gasteiger charge is -2.33. The number of rotatable bonds is 6. The van der Waals surface area contributed by atoms with Gasteiger partial charge in [0.1, 0.15) is 0 Å². The van der Waals surface area contributed by atoms with Gasteiger partial charge < -0.3 is 10.5 Å². The number of fused-ring (bicyclic) bond motifs is 2. The van der Waals surface area contributed by atoms with Gasteiger partial charge in [0.05, 0.1) is 23.9 Å². The van der Waals surface area contributed by atoms with Gasteiger partial charge in [-0.1, -0.05) is 13.8 Å². The fraction of sp³-hybridized carbons (Fsp3) is 0.812. The Morgan fingerprint density at radius 3 is 2.80 bits per heavy atom. The third kappa shape index (κ3) is 2.29.